The lowest BCUT2D eigenvalue weighted by Gasteiger charge is -2.59. The second kappa shape index (κ2) is 7.99. The van der Waals surface area contributed by atoms with Crippen LogP contribution in [-0.4, -0.2) is 11.9 Å². The molecule has 5 rings (SSSR count). The Bertz CT molecular complexity index is 920. The maximum atomic E-state index is 13.3. The molecule has 0 amide bonds. The summed E-state index contributed by atoms with van der Waals surface area (Å²) in [6.45, 7) is 4.94. The van der Waals surface area contributed by atoms with E-state index in [1.165, 1.54) is 63.3 Å². The molecule has 32 heavy (non-hydrogen) atoms. The quantitative estimate of drug-likeness (QED) is 0.327. The molecule has 2 nitrogen and oxygen atoms in total. The molecule has 0 unspecified atom stereocenters. The fourth-order valence-corrected chi connectivity index (χ4v) is 8.28. The van der Waals surface area contributed by atoms with Crippen LogP contribution >= 0.6 is 0 Å². The topological polar surface area (TPSA) is 24.7 Å². The number of hydrogen-bond acceptors (Lipinski definition) is 2. The Balaban J connectivity index is 1.37. The molecule has 0 heterocycles. The highest BCUT2D eigenvalue weighted by atomic mass is 19.4. The summed E-state index contributed by atoms with van der Waals surface area (Å²) in [6.07, 6.45) is 9.75. The molecule has 0 N–H and O–H groups in total. The minimum Gasteiger partial charge on any atom is -0.166 e. The van der Waals surface area contributed by atoms with Gasteiger partial charge in [-0.3, -0.25) is 0 Å². The van der Waals surface area contributed by atoms with E-state index in [0.29, 0.717) is 11.3 Å². The summed E-state index contributed by atoms with van der Waals surface area (Å²) in [7, 11) is 0. The Morgan fingerprint density at radius 3 is 2.56 bits per heavy atom. The summed E-state index contributed by atoms with van der Waals surface area (Å²) < 4.78 is 39.8. The van der Waals surface area contributed by atoms with Gasteiger partial charge in [0.05, 0.1) is 11.8 Å². The third-order valence-electron chi connectivity index (χ3n) is 9.97. The van der Waals surface area contributed by atoms with Gasteiger partial charge in [-0.2, -0.15) is 23.4 Å². The monoisotopic (exact) mass is 444 g/mol. The molecule has 174 valence electrons. The van der Waals surface area contributed by atoms with Crippen LogP contribution in [0.5, 0.6) is 0 Å². The first kappa shape index (κ1) is 22.2. The lowest BCUT2D eigenvalue weighted by atomic mass is 9.45. The van der Waals surface area contributed by atoms with Crippen LogP contribution in [0.4, 0.5) is 13.2 Å². The van der Waals surface area contributed by atoms with Gasteiger partial charge in [-0.25, -0.2) is 0 Å². The van der Waals surface area contributed by atoms with Crippen molar-refractivity contribution in [3.63, 3.8) is 0 Å². The Labute approximate surface area is 189 Å². The van der Waals surface area contributed by atoms with Crippen molar-refractivity contribution in [2.45, 2.75) is 84.2 Å². The van der Waals surface area contributed by atoms with Gasteiger partial charge >= 0.3 is 6.18 Å². The average Bonchev–Trinajstić information content (AvgIpc) is 3.09. The Morgan fingerprint density at radius 2 is 1.75 bits per heavy atom. The van der Waals surface area contributed by atoms with Gasteiger partial charge in [-0.1, -0.05) is 44.9 Å². The van der Waals surface area contributed by atoms with E-state index in [0.717, 1.165) is 48.8 Å². The van der Waals surface area contributed by atoms with Gasteiger partial charge in [0.1, 0.15) is 0 Å². The zero-order chi connectivity index (χ0) is 22.6. The van der Waals surface area contributed by atoms with Crippen LogP contribution in [0.25, 0.3) is 0 Å². The predicted molar refractivity (Wildman–Crippen MR) is 123 cm³/mol. The third kappa shape index (κ3) is 3.54. The Hall–Kier alpha value is -1.65. The minimum absolute atomic E-state index is 0.0555. The highest BCUT2D eigenvalue weighted by Crippen LogP contribution is 2.65. The first-order valence-electron chi connectivity index (χ1n) is 12.5. The SMILES string of the molecule is C[C@]12CCCC[C@H]1CC[C@@H]1[C@@H]2CC[C@]2(C)/C(=N\N=C/c3ccccc3C(F)(F)F)CC[C@@H]12. The van der Waals surface area contributed by atoms with Gasteiger partial charge in [-0.05, 0) is 86.5 Å². The van der Waals surface area contributed by atoms with Crippen LogP contribution < -0.4 is 0 Å². The summed E-state index contributed by atoms with van der Waals surface area (Å²) >= 11 is 0. The highest BCUT2D eigenvalue weighted by molar-refractivity contribution is 5.93. The van der Waals surface area contributed by atoms with Crippen molar-refractivity contribution in [3.8, 4) is 0 Å². The first-order chi connectivity index (χ1) is 15.2. The van der Waals surface area contributed by atoms with E-state index in [1.807, 2.05) is 0 Å². The zero-order valence-corrected chi connectivity index (χ0v) is 19.3. The van der Waals surface area contributed by atoms with Gasteiger partial charge in [0, 0.05) is 16.7 Å². The molecular weight excluding hydrogens is 409 g/mol. The molecule has 1 aromatic carbocycles. The van der Waals surface area contributed by atoms with Gasteiger partial charge in [0.25, 0.3) is 0 Å². The number of rotatable bonds is 2. The van der Waals surface area contributed by atoms with E-state index in [4.69, 9.17) is 0 Å². The lowest BCUT2D eigenvalue weighted by molar-refractivity contribution is -0.137. The number of fused-ring (bicyclic) bond motifs is 5. The van der Waals surface area contributed by atoms with E-state index < -0.39 is 11.7 Å². The standard InChI is InChI=1S/C27H35F3N2/c1-25-15-6-5-8-19(25)10-11-20-22-12-13-24(26(22,2)16-14-23(20)25)32-31-17-18-7-3-4-9-21(18)27(28,29)30/h3-4,7,9,17,19-20,22-23H,5-6,8,10-16H2,1-2H3/b31-17-,32-24-/t19-,20-,22-,23-,25-,26-/m0/s1. The van der Waals surface area contributed by atoms with E-state index >= 15 is 0 Å². The van der Waals surface area contributed by atoms with E-state index in [1.54, 1.807) is 6.07 Å². The number of nitrogens with zero attached hydrogens (tertiary/aromatic N) is 2. The molecule has 0 spiro atoms. The van der Waals surface area contributed by atoms with Crippen molar-refractivity contribution >= 4 is 11.9 Å². The van der Waals surface area contributed by atoms with Crippen molar-refractivity contribution in [1.82, 2.24) is 0 Å². The number of benzene rings is 1. The first-order valence-corrected chi connectivity index (χ1v) is 12.5. The number of halogens is 3. The van der Waals surface area contributed by atoms with Crippen molar-refractivity contribution < 1.29 is 13.2 Å². The highest BCUT2D eigenvalue weighted by Gasteiger charge is 2.59. The molecule has 4 aliphatic carbocycles. The van der Waals surface area contributed by atoms with Crippen molar-refractivity contribution in [3.05, 3.63) is 35.4 Å². The van der Waals surface area contributed by atoms with Crippen LogP contribution in [-0.2, 0) is 6.18 Å². The normalized spacial score (nSPS) is 40.8. The molecule has 0 bridgehead atoms. The average molecular weight is 445 g/mol. The van der Waals surface area contributed by atoms with E-state index in [9.17, 15) is 13.2 Å². The maximum absolute atomic E-state index is 13.3. The van der Waals surface area contributed by atoms with E-state index in [-0.39, 0.29) is 11.0 Å². The van der Waals surface area contributed by atoms with E-state index in [2.05, 4.69) is 24.1 Å². The molecule has 0 saturated heterocycles. The molecule has 0 aromatic heterocycles. The molecule has 4 fully saturated rings. The summed E-state index contributed by atoms with van der Waals surface area (Å²) in [5.41, 5.74) is 1.10. The smallest absolute Gasteiger partial charge is 0.166 e. The lowest BCUT2D eigenvalue weighted by Crippen LogP contribution is -2.52. The third-order valence-corrected chi connectivity index (χ3v) is 9.97. The molecule has 4 aliphatic rings. The Kier molecular flexibility index (Phi) is 5.53. The predicted octanol–water partition coefficient (Wildman–Crippen LogP) is 7.91. The maximum Gasteiger partial charge on any atom is 0.417 e. The van der Waals surface area contributed by atoms with Crippen LogP contribution in [0.15, 0.2) is 34.5 Å². The summed E-state index contributed by atoms with van der Waals surface area (Å²) in [5, 5.41) is 8.73. The van der Waals surface area contributed by atoms with Gasteiger partial charge in [-0.15, -0.1) is 0 Å². The van der Waals surface area contributed by atoms with Gasteiger partial charge in [0.15, 0.2) is 0 Å². The van der Waals surface area contributed by atoms with Crippen molar-refractivity contribution in [1.29, 1.82) is 0 Å². The Morgan fingerprint density at radius 1 is 0.938 bits per heavy atom. The largest absolute Gasteiger partial charge is 0.417 e. The van der Waals surface area contributed by atoms with Crippen molar-refractivity contribution in [2.24, 2.45) is 44.7 Å². The summed E-state index contributed by atoms with van der Waals surface area (Å²) in [6, 6.07) is 5.58. The second-order valence-electron chi connectivity index (χ2n) is 11.3. The van der Waals surface area contributed by atoms with Crippen LogP contribution in [0.3, 0.4) is 0 Å². The fourth-order valence-electron chi connectivity index (χ4n) is 8.28. The second-order valence-corrected chi connectivity index (χ2v) is 11.3. The zero-order valence-electron chi connectivity index (χ0n) is 19.3. The summed E-state index contributed by atoms with van der Waals surface area (Å²) in [4.78, 5) is 0. The number of alkyl halides is 3. The fraction of sp³-hybridized carbons (Fsp3) is 0.704. The van der Waals surface area contributed by atoms with Crippen molar-refractivity contribution in [2.75, 3.05) is 0 Å². The molecular formula is C27H35F3N2. The van der Waals surface area contributed by atoms with Crippen LogP contribution in [0.2, 0.25) is 0 Å². The number of hydrogen-bond donors (Lipinski definition) is 0. The van der Waals surface area contributed by atoms with Gasteiger partial charge in [0.2, 0.25) is 0 Å². The molecule has 0 aliphatic heterocycles. The molecule has 1 aromatic rings. The van der Waals surface area contributed by atoms with Crippen LogP contribution in [0.1, 0.15) is 89.2 Å². The molecule has 6 atom stereocenters. The minimum atomic E-state index is -4.38. The molecule has 5 heteroatoms. The van der Waals surface area contributed by atoms with Crippen LogP contribution in [0, 0.1) is 34.5 Å². The molecule has 4 saturated carbocycles. The summed E-state index contributed by atoms with van der Waals surface area (Å²) in [5.74, 6) is 3.17. The van der Waals surface area contributed by atoms with Gasteiger partial charge < -0.3 is 0 Å². The molecule has 0 radical (unpaired) electrons.